The summed E-state index contributed by atoms with van der Waals surface area (Å²) in [6, 6.07) is 5.29. The van der Waals surface area contributed by atoms with Crippen molar-refractivity contribution in [3.05, 3.63) is 35.0 Å². The minimum absolute atomic E-state index is 0.245. The fourth-order valence-corrected chi connectivity index (χ4v) is 1.80. The molecule has 0 spiro atoms. The van der Waals surface area contributed by atoms with Gasteiger partial charge in [-0.3, -0.25) is 4.98 Å². The Hall–Kier alpha value is -1.81. The normalized spacial score (nSPS) is 10.3. The van der Waals surface area contributed by atoms with Gasteiger partial charge in [-0.15, -0.1) is 0 Å². The van der Waals surface area contributed by atoms with Gasteiger partial charge >= 0.3 is 5.97 Å². The number of nitrogens with zero attached hydrogens (tertiary/aromatic N) is 1. The van der Waals surface area contributed by atoms with Crippen molar-refractivity contribution in [2.45, 2.75) is 0 Å². The molecule has 4 nitrogen and oxygen atoms in total. The van der Waals surface area contributed by atoms with E-state index in [1.54, 1.807) is 25.3 Å². The van der Waals surface area contributed by atoms with Crippen LogP contribution in [0.5, 0.6) is 5.75 Å². The Morgan fingerprint density at radius 3 is 2.76 bits per heavy atom. The number of pyridine rings is 1. The van der Waals surface area contributed by atoms with Crippen molar-refractivity contribution in [1.82, 2.24) is 4.98 Å². The Kier molecular flexibility index (Phi) is 3.15. The van der Waals surface area contributed by atoms with Crippen LogP contribution in [0.25, 0.3) is 10.9 Å². The van der Waals surface area contributed by atoms with Crippen LogP contribution in [-0.4, -0.2) is 25.2 Å². The van der Waals surface area contributed by atoms with E-state index in [1.165, 1.54) is 13.3 Å². The van der Waals surface area contributed by atoms with Gasteiger partial charge in [0.1, 0.15) is 5.75 Å². The molecule has 0 aliphatic carbocycles. The number of rotatable bonds is 2. The van der Waals surface area contributed by atoms with Crippen molar-refractivity contribution < 1.29 is 14.3 Å². The number of fused-ring (bicyclic) bond motifs is 1. The number of hydrogen-bond donors (Lipinski definition) is 0. The summed E-state index contributed by atoms with van der Waals surface area (Å²) in [6.07, 6.45) is 1.41. The molecular weight excluding hydrogens is 242 g/mol. The van der Waals surface area contributed by atoms with Gasteiger partial charge in [-0.25, -0.2) is 4.79 Å². The van der Waals surface area contributed by atoms with E-state index in [2.05, 4.69) is 9.72 Å². The first-order valence-corrected chi connectivity index (χ1v) is 5.25. The molecule has 1 aromatic heterocycles. The summed E-state index contributed by atoms with van der Waals surface area (Å²) in [5, 5.41) is 0.981. The molecule has 2 aromatic rings. The van der Waals surface area contributed by atoms with E-state index in [4.69, 9.17) is 16.3 Å². The molecule has 5 heteroatoms. The Morgan fingerprint density at radius 1 is 1.35 bits per heavy atom. The van der Waals surface area contributed by atoms with Gasteiger partial charge in [0, 0.05) is 11.6 Å². The summed E-state index contributed by atoms with van der Waals surface area (Å²) in [4.78, 5) is 15.6. The molecule has 0 saturated heterocycles. The molecule has 0 radical (unpaired) electrons. The van der Waals surface area contributed by atoms with E-state index >= 15 is 0 Å². The predicted octanol–water partition coefficient (Wildman–Crippen LogP) is 2.68. The first-order chi connectivity index (χ1) is 8.17. The van der Waals surface area contributed by atoms with E-state index in [-0.39, 0.29) is 5.56 Å². The zero-order valence-electron chi connectivity index (χ0n) is 9.36. The average Bonchev–Trinajstić information content (AvgIpc) is 2.38. The maximum Gasteiger partial charge on any atom is 0.340 e. The maximum absolute atomic E-state index is 11.5. The van der Waals surface area contributed by atoms with Crippen molar-refractivity contribution in [2.24, 2.45) is 0 Å². The summed E-state index contributed by atoms with van der Waals surface area (Å²) in [7, 11) is 2.86. The van der Waals surface area contributed by atoms with Crippen molar-refractivity contribution in [3.8, 4) is 5.75 Å². The molecule has 0 aliphatic heterocycles. The number of benzene rings is 1. The van der Waals surface area contributed by atoms with Gasteiger partial charge in [0.05, 0.1) is 30.3 Å². The highest BCUT2D eigenvalue weighted by Crippen LogP contribution is 2.29. The van der Waals surface area contributed by atoms with Crippen LogP contribution < -0.4 is 4.74 Å². The SMILES string of the molecule is COC(=O)c1cnc2ccc(OC)cc2c1Cl. The summed E-state index contributed by atoms with van der Waals surface area (Å²) < 4.78 is 9.73. The minimum Gasteiger partial charge on any atom is -0.497 e. The van der Waals surface area contributed by atoms with Gasteiger partial charge in [0.2, 0.25) is 0 Å². The minimum atomic E-state index is -0.507. The molecule has 0 amide bonds. The third-order valence-corrected chi connectivity index (χ3v) is 2.82. The monoisotopic (exact) mass is 251 g/mol. The Labute approximate surface area is 103 Å². The second-order valence-electron chi connectivity index (χ2n) is 3.36. The highest BCUT2D eigenvalue weighted by atomic mass is 35.5. The van der Waals surface area contributed by atoms with Crippen LogP contribution in [0.4, 0.5) is 0 Å². The van der Waals surface area contributed by atoms with Crippen LogP contribution in [0.1, 0.15) is 10.4 Å². The number of ether oxygens (including phenoxy) is 2. The fourth-order valence-electron chi connectivity index (χ4n) is 1.52. The lowest BCUT2D eigenvalue weighted by Gasteiger charge is -2.06. The van der Waals surface area contributed by atoms with Crippen molar-refractivity contribution in [1.29, 1.82) is 0 Å². The molecule has 0 aliphatic rings. The van der Waals surface area contributed by atoms with Gasteiger partial charge in [-0.1, -0.05) is 11.6 Å². The molecule has 1 heterocycles. The Bertz CT molecular complexity index is 583. The van der Waals surface area contributed by atoms with Crippen LogP contribution in [0.3, 0.4) is 0 Å². The molecule has 2 rings (SSSR count). The number of aromatic nitrogens is 1. The lowest BCUT2D eigenvalue weighted by molar-refractivity contribution is 0.0600. The lowest BCUT2D eigenvalue weighted by atomic mass is 10.1. The van der Waals surface area contributed by atoms with E-state index in [9.17, 15) is 4.79 Å². The molecule has 0 atom stereocenters. The molecular formula is C12H10ClNO3. The third-order valence-electron chi connectivity index (χ3n) is 2.41. The molecule has 0 N–H and O–H groups in total. The molecule has 88 valence electrons. The van der Waals surface area contributed by atoms with E-state index in [1.807, 2.05) is 0 Å². The van der Waals surface area contributed by atoms with Crippen molar-refractivity contribution in [3.63, 3.8) is 0 Å². The molecule has 17 heavy (non-hydrogen) atoms. The summed E-state index contributed by atoms with van der Waals surface area (Å²) in [5.74, 6) is 0.149. The lowest BCUT2D eigenvalue weighted by Crippen LogP contribution is -2.03. The number of esters is 1. The van der Waals surface area contributed by atoms with Gasteiger partial charge < -0.3 is 9.47 Å². The van der Waals surface area contributed by atoms with Crippen LogP contribution in [-0.2, 0) is 4.74 Å². The van der Waals surface area contributed by atoms with Gasteiger partial charge in [-0.05, 0) is 18.2 Å². The number of methoxy groups -OCH3 is 2. The summed E-state index contributed by atoms with van der Waals surface area (Å²) in [5.41, 5.74) is 0.943. The maximum atomic E-state index is 11.5. The predicted molar refractivity (Wildman–Crippen MR) is 64.6 cm³/mol. The van der Waals surface area contributed by atoms with Crippen molar-refractivity contribution >= 4 is 28.5 Å². The van der Waals surface area contributed by atoms with Crippen LogP contribution in [0.15, 0.2) is 24.4 Å². The zero-order chi connectivity index (χ0) is 12.4. The third kappa shape index (κ3) is 2.03. The highest BCUT2D eigenvalue weighted by Gasteiger charge is 2.14. The number of carbonyl (C=O) groups excluding carboxylic acids is 1. The topological polar surface area (TPSA) is 48.4 Å². The molecule has 0 saturated carbocycles. The number of hydrogen-bond acceptors (Lipinski definition) is 4. The molecule has 0 fully saturated rings. The zero-order valence-corrected chi connectivity index (χ0v) is 10.1. The van der Waals surface area contributed by atoms with Gasteiger partial charge in [0.25, 0.3) is 0 Å². The first-order valence-electron chi connectivity index (χ1n) is 4.88. The smallest absolute Gasteiger partial charge is 0.340 e. The standard InChI is InChI=1S/C12H10ClNO3/c1-16-7-3-4-10-8(5-7)11(13)9(6-14-10)12(15)17-2/h3-6H,1-2H3. The molecule has 1 aromatic carbocycles. The van der Waals surface area contributed by atoms with Crippen molar-refractivity contribution in [2.75, 3.05) is 14.2 Å². The van der Waals surface area contributed by atoms with E-state index < -0.39 is 5.97 Å². The van der Waals surface area contributed by atoms with Crippen LogP contribution in [0, 0.1) is 0 Å². The number of carbonyl (C=O) groups is 1. The fraction of sp³-hybridized carbons (Fsp3) is 0.167. The average molecular weight is 252 g/mol. The van der Waals surface area contributed by atoms with Crippen LogP contribution >= 0.6 is 11.6 Å². The second kappa shape index (κ2) is 4.59. The van der Waals surface area contributed by atoms with Gasteiger partial charge in [-0.2, -0.15) is 0 Å². The Balaban J connectivity index is 2.68. The second-order valence-corrected chi connectivity index (χ2v) is 3.74. The first kappa shape index (κ1) is 11.7. The summed E-state index contributed by atoms with van der Waals surface area (Å²) in [6.45, 7) is 0. The van der Waals surface area contributed by atoms with E-state index in [0.717, 1.165) is 0 Å². The largest absolute Gasteiger partial charge is 0.497 e. The molecule has 0 unspecified atom stereocenters. The van der Waals surface area contributed by atoms with E-state index in [0.29, 0.717) is 21.7 Å². The number of halogens is 1. The molecule has 0 bridgehead atoms. The summed E-state index contributed by atoms with van der Waals surface area (Å²) >= 11 is 6.15. The Morgan fingerprint density at radius 2 is 2.12 bits per heavy atom. The van der Waals surface area contributed by atoms with Crippen LogP contribution in [0.2, 0.25) is 5.02 Å². The van der Waals surface area contributed by atoms with Gasteiger partial charge in [0.15, 0.2) is 0 Å². The highest BCUT2D eigenvalue weighted by molar-refractivity contribution is 6.38. The quantitative estimate of drug-likeness (QED) is 0.770.